The van der Waals surface area contributed by atoms with Gasteiger partial charge in [-0.1, -0.05) is 15.9 Å². The molecule has 2 heterocycles. The van der Waals surface area contributed by atoms with Gasteiger partial charge in [0.05, 0.1) is 11.8 Å². The Morgan fingerprint density at radius 2 is 2.35 bits per heavy atom. The summed E-state index contributed by atoms with van der Waals surface area (Å²) in [6.45, 7) is 0.855. The van der Waals surface area contributed by atoms with Gasteiger partial charge in [0.25, 0.3) is 5.91 Å². The predicted molar refractivity (Wildman–Crippen MR) is 73.5 cm³/mol. The molecule has 1 atom stereocenters. The van der Waals surface area contributed by atoms with Crippen molar-refractivity contribution in [3.63, 3.8) is 0 Å². The van der Waals surface area contributed by atoms with E-state index in [4.69, 9.17) is 4.42 Å². The number of piperidine rings is 1. The second kappa shape index (κ2) is 6.05. The second-order valence-electron chi connectivity index (χ2n) is 4.23. The molecule has 0 aromatic carbocycles. The topological polar surface area (TPSA) is 33.5 Å². The van der Waals surface area contributed by atoms with E-state index in [9.17, 15) is 4.79 Å². The van der Waals surface area contributed by atoms with Gasteiger partial charge in [0.2, 0.25) is 0 Å². The number of amides is 1. The van der Waals surface area contributed by atoms with Crippen LogP contribution in [0.2, 0.25) is 0 Å². The van der Waals surface area contributed by atoms with E-state index in [1.165, 1.54) is 6.42 Å². The smallest absolute Gasteiger partial charge is 0.258 e. The Hall–Kier alpha value is -0.290. The van der Waals surface area contributed by atoms with E-state index in [1.54, 1.807) is 12.3 Å². The van der Waals surface area contributed by atoms with Gasteiger partial charge in [0, 0.05) is 17.9 Å². The van der Waals surface area contributed by atoms with Crippen LogP contribution in [0.3, 0.4) is 0 Å². The lowest BCUT2D eigenvalue weighted by Crippen LogP contribution is -2.43. The normalized spacial score (nSPS) is 20.6. The third-order valence-corrected chi connectivity index (χ3v) is 4.25. The zero-order chi connectivity index (χ0) is 12.3. The van der Waals surface area contributed by atoms with Gasteiger partial charge in [0.1, 0.15) is 0 Å². The summed E-state index contributed by atoms with van der Waals surface area (Å²) in [7, 11) is 0. The van der Waals surface area contributed by atoms with E-state index >= 15 is 0 Å². The molecule has 0 spiro atoms. The molecule has 2 rings (SSSR count). The Morgan fingerprint density at radius 1 is 1.53 bits per heavy atom. The maximum atomic E-state index is 12.4. The number of carbonyl (C=O) groups excluding carboxylic acids is 1. The highest BCUT2D eigenvalue weighted by Crippen LogP contribution is 2.26. The number of carbonyl (C=O) groups is 1. The minimum Gasteiger partial charge on any atom is -0.457 e. The maximum absolute atomic E-state index is 12.4. The summed E-state index contributed by atoms with van der Waals surface area (Å²) in [5, 5.41) is 0.938. The first-order valence-corrected chi connectivity index (χ1v) is 7.75. The monoisotopic (exact) mass is 363 g/mol. The van der Waals surface area contributed by atoms with Crippen molar-refractivity contribution in [3.8, 4) is 0 Å². The van der Waals surface area contributed by atoms with Crippen molar-refractivity contribution in [3.05, 3.63) is 22.6 Å². The molecule has 17 heavy (non-hydrogen) atoms. The van der Waals surface area contributed by atoms with Gasteiger partial charge in [-0.25, -0.2) is 0 Å². The molecule has 3 nitrogen and oxygen atoms in total. The van der Waals surface area contributed by atoms with E-state index in [0.717, 1.165) is 31.1 Å². The standard InChI is InChI=1S/C12H15Br2NO2/c13-6-4-9-3-1-2-7-15(9)12(16)10-5-8-17-11(10)14/h5,8-9H,1-4,6-7H2. The van der Waals surface area contributed by atoms with Gasteiger partial charge in [-0.3, -0.25) is 4.79 Å². The van der Waals surface area contributed by atoms with Crippen molar-refractivity contribution in [2.75, 3.05) is 11.9 Å². The highest BCUT2D eigenvalue weighted by molar-refractivity contribution is 9.10. The zero-order valence-electron chi connectivity index (χ0n) is 9.49. The molecule has 0 N–H and O–H groups in total. The number of hydrogen-bond donors (Lipinski definition) is 0. The maximum Gasteiger partial charge on any atom is 0.258 e. The molecular formula is C12H15Br2NO2. The Morgan fingerprint density at radius 3 is 3.00 bits per heavy atom. The molecule has 1 aromatic rings. The Balaban J connectivity index is 2.14. The molecule has 1 aromatic heterocycles. The molecule has 1 fully saturated rings. The molecule has 1 amide bonds. The van der Waals surface area contributed by atoms with Crippen LogP contribution in [0, 0.1) is 0 Å². The number of halogens is 2. The third kappa shape index (κ3) is 2.94. The van der Waals surface area contributed by atoms with Gasteiger partial charge in [0.15, 0.2) is 4.67 Å². The van der Waals surface area contributed by atoms with Gasteiger partial charge in [-0.15, -0.1) is 0 Å². The number of likely N-dealkylation sites (tertiary alicyclic amines) is 1. The first kappa shape index (κ1) is 13.1. The number of alkyl halides is 1. The summed E-state index contributed by atoms with van der Waals surface area (Å²) in [4.78, 5) is 14.4. The molecule has 1 aliphatic rings. The number of rotatable bonds is 3. The van der Waals surface area contributed by atoms with Gasteiger partial charge < -0.3 is 9.32 Å². The van der Waals surface area contributed by atoms with Crippen LogP contribution in [0.5, 0.6) is 0 Å². The van der Waals surface area contributed by atoms with Crippen LogP contribution < -0.4 is 0 Å². The number of hydrogen-bond acceptors (Lipinski definition) is 2. The second-order valence-corrected chi connectivity index (χ2v) is 5.75. The van der Waals surface area contributed by atoms with Crippen LogP contribution in [0.15, 0.2) is 21.4 Å². The van der Waals surface area contributed by atoms with Gasteiger partial charge in [-0.05, 0) is 47.7 Å². The minimum absolute atomic E-state index is 0.0799. The van der Waals surface area contributed by atoms with Crippen LogP contribution in [-0.4, -0.2) is 28.7 Å². The fraction of sp³-hybridized carbons (Fsp3) is 0.583. The van der Waals surface area contributed by atoms with Crippen molar-refractivity contribution in [2.45, 2.75) is 31.7 Å². The largest absolute Gasteiger partial charge is 0.457 e. The summed E-state index contributed by atoms with van der Waals surface area (Å²) in [5.41, 5.74) is 0.631. The SMILES string of the molecule is O=C(c1ccoc1Br)N1CCCCC1CCBr. The molecular weight excluding hydrogens is 350 g/mol. The Labute approximate surface area is 118 Å². The van der Waals surface area contributed by atoms with Crippen LogP contribution in [-0.2, 0) is 0 Å². The van der Waals surface area contributed by atoms with E-state index in [0.29, 0.717) is 16.3 Å². The van der Waals surface area contributed by atoms with Crippen molar-refractivity contribution < 1.29 is 9.21 Å². The number of furan rings is 1. The Kier molecular flexibility index (Phi) is 4.68. The molecule has 0 aliphatic carbocycles. The molecule has 0 saturated carbocycles. The van der Waals surface area contributed by atoms with E-state index in [2.05, 4.69) is 31.9 Å². The quantitative estimate of drug-likeness (QED) is 0.764. The van der Waals surface area contributed by atoms with Crippen molar-refractivity contribution in [1.29, 1.82) is 0 Å². The molecule has 1 aliphatic heterocycles. The third-order valence-electron chi connectivity index (χ3n) is 3.18. The molecule has 5 heteroatoms. The average Bonchev–Trinajstić information content (AvgIpc) is 2.76. The zero-order valence-corrected chi connectivity index (χ0v) is 12.7. The van der Waals surface area contributed by atoms with E-state index in [1.807, 2.05) is 4.90 Å². The van der Waals surface area contributed by atoms with E-state index < -0.39 is 0 Å². The summed E-state index contributed by atoms with van der Waals surface area (Å²) in [5.74, 6) is 0.0799. The van der Waals surface area contributed by atoms with E-state index in [-0.39, 0.29) is 5.91 Å². The van der Waals surface area contributed by atoms with Crippen molar-refractivity contribution in [2.24, 2.45) is 0 Å². The highest BCUT2D eigenvalue weighted by atomic mass is 79.9. The average molecular weight is 365 g/mol. The van der Waals surface area contributed by atoms with Crippen LogP contribution in [0.1, 0.15) is 36.0 Å². The summed E-state index contributed by atoms with van der Waals surface area (Å²) in [6, 6.07) is 2.09. The predicted octanol–water partition coefficient (Wildman–Crippen LogP) is 3.82. The first-order valence-electron chi connectivity index (χ1n) is 5.84. The van der Waals surface area contributed by atoms with Crippen LogP contribution in [0.4, 0.5) is 0 Å². The lowest BCUT2D eigenvalue weighted by molar-refractivity contribution is 0.0608. The fourth-order valence-corrected chi connectivity index (χ4v) is 3.23. The van der Waals surface area contributed by atoms with Gasteiger partial charge in [-0.2, -0.15) is 0 Å². The highest BCUT2D eigenvalue weighted by Gasteiger charge is 2.28. The van der Waals surface area contributed by atoms with Crippen molar-refractivity contribution in [1.82, 2.24) is 4.90 Å². The van der Waals surface area contributed by atoms with Gasteiger partial charge >= 0.3 is 0 Å². The molecule has 1 unspecified atom stereocenters. The molecule has 94 valence electrons. The summed E-state index contributed by atoms with van der Waals surface area (Å²) >= 11 is 6.73. The molecule has 0 bridgehead atoms. The number of nitrogens with zero attached hydrogens (tertiary/aromatic N) is 1. The van der Waals surface area contributed by atoms with Crippen molar-refractivity contribution >= 4 is 37.8 Å². The molecule has 1 saturated heterocycles. The summed E-state index contributed by atoms with van der Waals surface area (Å²) in [6.07, 6.45) is 5.97. The Bertz CT molecular complexity index is 390. The lowest BCUT2D eigenvalue weighted by atomic mass is 9.99. The van der Waals surface area contributed by atoms with Crippen LogP contribution >= 0.6 is 31.9 Å². The fourth-order valence-electron chi connectivity index (χ4n) is 2.29. The summed E-state index contributed by atoms with van der Waals surface area (Å²) < 4.78 is 5.66. The first-order chi connectivity index (χ1) is 8.24. The molecule has 0 radical (unpaired) electrons. The minimum atomic E-state index is 0.0799. The lowest BCUT2D eigenvalue weighted by Gasteiger charge is -2.35. The van der Waals surface area contributed by atoms with Crippen LogP contribution in [0.25, 0.3) is 0 Å².